The highest BCUT2D eigenvalue weighted by Crippen LogP contribution is 2.22. The number of nitrogens with two attached hydrogens (primary N) is 2. The third-order valence-electron chi connectivity index (χ3n) is 8.32. The second-order valence-electron chi connectivity index (χ2n) is 12.3. The lowest BCUT2D eigenvalue weighted by Gasteiger charge is -2.38. The van der Waals surface area contributed by atoms with Crippen molar-refractivity contribution in [3.8, 4) is 0 Å². The molecule has 2 amide bonds. The number of hydrogen-bond donors (Lipinski definition) is 4. The number of amidine groups is 1. The lowest BCUT2D eigenvalue weighted by atomic mass is 9.99. The van der Waals surface area contributed by atoms with Gasteiger partial charge in [-0.05, 0) is 88.1 Å². The summed E-state index contributed by atoms with van der Waals surface area (Å²) in [5, 5.41) is 14.8. The topological polar surface area (TPSA) is 138 Å². The minimum atomic E-state index is -0.169. The van der Waals surface area contributed by atoms with E-state index in [0.717, 1.165) is 43.1 Å². The number of nitrogen functional groups attached to an aromatic ring is 2. The van der Waals surface area contributed by atoms with Crippen molar-refractivity contribution in [2.75, 3.05) is 39.6 Å². The monoisotopic (exact) mass is 762 g/mol. The van der Waals surface area contributed by atoms with Gasteiger partial charge in [-0.3, -0.25) is 5.41 Å². The molecule has 9 heteroatoms. The minimum absolute atomic E-state index is 0.0918. The average Bonchev–Trinajstić information content (AvgIpc) is 3.21. The van der Waals surface area contributed by atoms with E-state index in [-0.39, 0.29) is 24.0 Å². The van der Waals surface area contributed by atoms with Crippen LogP contribution in [-0.4, -0.2) is 72.8 Å². The fraction of sp³-hybridized carbons (Fsp3) is 0.478. The molecule has 0 radical (unpaired) electrons. The minimum Gasteiger partial charge on any atom is -0.400 e. The Labute approximate surface area is 335 Å². The fourth-order valence-corrected chi connectivity index (χ4v) is 5.63. The van der Waals surface area contributed by atoms with Crippen LogP contribution in [0.5, 0.6) is 0 Å². The first-order valence-electron chi connectivity index (χ1n) is 19.8. The molecule has 0 aliphatic heterocycles. The summed E-state index contributed by atoms with van der Waals surface area (Å²) < 4.78 is 11.9. The number of unbranched alkanes of at least 4 members (excludes halogenated alkanes) is 1. The zero-order valence-electron chi connectivity index (χ0n) is 35.7. The Morgan fingerprint density at radius 2 is 1.71 bits per heavy atom. The Bertz CT molecular complexity index is 1420. The van der Waals surface area contributed by atoms with E-state index in [4.69, 9.17) is 31.5 Å². The molecule has 0 aromatic heterocycles. The Balaban J connectivity index is 0. The molecule has 55 heavy (non-hydrogen) atoms. The van der Waals surface area contributed by atoms with Crippen molar-refractivity contribution in [1.29, 1.82) is 5.41 Å². The molecule has 0 saturated carbocycles. The predicted molar refractivity (Wildman–Crippen MR) is 236 cm³/mol. The van der Waals surface area contributed by atoms with Gasteiger partial charge in [-0.2, -0.15) is 0 Å². The van der Waals surface area contributed by atoms with Gasteiger partial charge in [0, 0.05) is 51.7 Å². The lowest BCUT2D eigenvalue weighted by molar-refractivity contribution is 0.00520. The molecule has 0 spiro atoms. The maximum absolute atomic E-state index is 14.1. The molecule has 2 aromatic carbocycles. The van der Waals surface area contributed by atoms with E-state index in [1.54, 1.807) is 30.2 Å². The first kappa shape index (κ1) is 52.7. The van der Waals surface area contributed by atoms with E-state index in [0.29, 0.717) is 50.6 Å². The third kappa shape index (κ3) is 22.5. The van der Waals surface area contributed by atoms with Crippen molar-refractivity contribution >= 4 is 17.6 Å². The third-order valence-corrected chi connectivity index (χ3v) is 8.32. The SMILES string of the molecule is C=C/C=C(\C=C)CCC(C(C)OCC)N(CCCCOCc1ccccc1)C(=O)N(C)Cc1ccc(N)c(C(=N)N)c1.CC.CC.CC1=CCCC=C1.CO. The number of rotatable bonds is 19. The molecule has 0 heterocycles. The number of anilines is 1. The number of urea groups is 1. The van der Waals surface area contributed by atoms with Gasteiger partial charge in [0.25, 0.3) is 0 Å². The van der Waals surface area contributed by atoms with Crippen LogP contribution in [0.1, 0.15) is 104 Å². The Morgan fingerprint density at radius 1 is 1.04 bits per heavy atom. The highest BCUT2D eigenvalue weighted by atomic mass is 16.5. The highest BCUT2D eigenvalue weighted by molar-refractivity contribution is 6.00. The number of amides is 2. The summed E-state index contributed by atoms with van der Waals surface area (Å²) in [7, 11) is 2.79. The van der Waals surface area contributed by atoms with Crippen LogP contribution in [0.2, 0.25) is 0 Å². The predicted octanol–water partition coefficient (Wildman–Crippen LogP) is 10.2. The summed E-state index contributed by atoms with van der Waals surface area (Å²) >= 11 is 0. The molecule has 2 aromatic rings. The lowest BCUT2D eigenvalue weighted by Crippen LogP contribution is -2.51. The number of ether oxygens (including phenoxy) is 2. The van der Waals surface area contributed by atoms with Crippen molar-refractivity contribution in [2.45, 2.75) is 112 Å². The van der Waals surface area contributed by atoms with Crippen LogP contribution in [0.4, 0.5) is 10.5 Å². The van der Waals surface area contributed by atoms with Gasteiger partial charge in [0.2, 0.25) is 0 Å². The number of nitrogens with one attached hydrogen (secondary N) is 1. The molecule has 2 unspecified atom stereocenters. The molecule has 1 aliphatic carbocycles. The molecule has 0 saturated heterocycles. The number of allylic oxidation sites excluding steroid dienone is 8. The van der Waals surface area contributed by atoms with E-state index in [9.17, 15) is 4.79 Å². The van der Waals surface area contributed by atoms with Gasteiger partial charge in [-0.1, -0.05) is 119 Å². The number of carbonyl (C=O) groups excluding carboxylic acids is 1. The summed E-state index contributed by atoms with van der Waals surface area (Å²) in [5.74, 6) is -0.101. The Hall–Kier alpha value is -4.44. The molecule has 9 nitrogen and oxygen atoms in total. The van der Waals surface area contributed by atoms with E-state index in [1.807, 2.05) is 82.9 Å². The zero-order valence-corrected chi connectivity index (χ0v) is 35.7. The summed E-state index contributed by atoms with van der Waals surface area (Å²) in [6.45, 7) is 24.5. The molecule has 308 valence electrons. The van der Waals surface area contributed by atoms with Crippen LogP contribution in [0.25, 0.3) is 0 Å². The first-order valence-corrected chi connectivity index (χ1v) is 19.8. The van der Waals surface area contributed by atoms with Gasteiger partial charge in [0.15, 0.2) is 0 Å². The van der Waals surface area contributed by atoms with E-state index in [1.165, 1.54) is 18.4 Å². The van der Waals surface area contributed by atoms with Gasteiger partial charge in [0.05, 0.1) is 18.8 Å². The van der Waals surface area contributed by atoms with Crippen LogP contribution in [0.15, 0.2) is 109 Å². The molecular weight excluding hydrogens is 687 g/mol. The van der Waals surface area contributed by atoms with Crippen molar-refractivity contribution < 1.29 is 19.4 Å². The molecular formula is C46H75N5O4. The van der Waals surface area contributed by atoms with E-state index in [2.05, 4.69) is 50.4 Å². The van der Waals surface area contributed by atoms with Crippen molar-refractivity contribution in [1.82, 2.24) is 9.80 Å². The summed E-state index contributed by atoms with van der Waals surface area (Å²) in [6, 6.07) is 15.2. The number of aliphatic hydroxyl groups excluding tert-OH is 1. The van der Waals surface area contributed by atoms with Gasteiger partial charge < -0.3 is 35.8 Å². The number of aliphatic hydroxyl groups is 1. The van der Waals surface area contributed by atoms with Gasteiger partial charge in [-0.25, -0.2) is 4.79 Å². The van der Waals surface area contributed by atoms with Crippen LogP contribution in [-0.2, 0) is 22.6 Å². The standard InChI is InChI=1S/C34H49N5O3.C7H10.2C2H6.CH4O/c1-6-14-27(7-2)18-20-32(26(4)42-8-3)39(21-12-13-22-41-25-28-15-10-9-11-16-28)34(40)38(5)24-29-17-19-31(35)30(23-29)33(36)37;1-7-5-3-2-4-6-7;3*1-2/h6-7,9-11,14-17,19,23,26,32H,1-2,8,12-13,18,20-22,24-25,35H2,3-5H3,(H3,36,37);3,5-6H,2,4H2,1H3;2*1-2H3;2H,1H3/b27-14+;;;;. The molecule has 0 fully saturated rings. The van der Waals surface area contributed by atoms with Crippen LogP contribution < -0.4 is 11.5 Å². The normalized spacial score (nSPS) is 12.5. The van der Waals surface area contributed by atoms with E-state index >= 15 is 0 Å². The van der Waals surface area contributed by atoms with Crippen molar-refractivity contribution in [3.05, 3.63) is 126 Å². The quantitative estimate of drug-likeness (QED) is 0.0370. The van der Waals surface area contributed by atoms with Gasteiger partial charge in [-0.15, -0.1) is 0 Å². The molecule has 3 rings (SSSR count). The number of hydrogen-bond acceptors (Lipinski definition) is 6. The maximum atomic E-state index is 14.1. The number of nitrogens with zero attached hydrogens (tertiary/aromatic N) is 2. The van der Waals surface area contributed by atoms with Gasteiger partial charge in [0.1, 0.15) is 5.84 Å². The average molecular weight is 762 g/mol. The fourth-order valence-electron chi connectivity index (χ4n) is 5.63. The number of carbonyl (C=O) groups is 1. The largest absolute Gasteiger partial charge is 0.400 e. The van der Waals surface area contributed by atoms with Crippen LogP contribution in [0, 0.1) is 5.41 Å². The van der Waals surface area contributed by atoms with Crippen molar-refractivity contribution in [3.63, 3.8) is 0 Å². The van der Waals surface area contributed by atoms with E-state index < -0.39 is 0 Å². The number of benzene rings is 2. The zero-order chi connectivity index (χ0) is 42.0. The molecule has 6 N–H and O–H groups in total. The Morgan fingerprint density at radius 3 is 2.24 bits per heavy atom. The first-order chi connectivity index (χ1) is 26.6. The van der Waals surface area contributed by atoms with Crippen molar-refractivity contribution in [2.24, 2.45) is 5.73 Å². The highest BCUT2D eigenvalue weighted by Gasteiger charge is 2.30. The van der Waals surface area contributed by atoms with Crippen LogP contribution >= 0.6 is 0 Å². The van der Waals surface area contributed by atoms with Gasteiger partial charge >= 0.3 is 6.03 Å². The van der Waals surface area contributed by atoms with Crippen LogP contribution in [0.3, 0.4) is 0 Å². The summed E-state index contributed by atoms with van der Waals surface area (Å²) in [6.07, 6.45) is 17.6. The Kier molecular flexibility index (Phi) is 32.6. The molecule has 1 aliphatic rings. The smallest absolute Gasteiger partial charge is 0.320 e. The molecule has 0 bridgehead atoms. The molecule has 2 atom stereocenters. The summed E-state index contributed by atoms with van der Waals surface area (Å²) in [4.78, 5) is 17.7. The summed E-state index contributed by atoms with van der Waals surface area (Å²) in [5.41, 5.74) is 17.1. The second kappa shape index (κ2) is 34.1. The maximum Gasteiger partial charge on any atom is 0.320 e. The second-order valence-corrected chi connectivity index (χ2v) is 12.3.